The van der Waals surface area contributed by atoms with E-state index in [9.17, 15) is 4.79 Å². The van der Waals surface area contributed by atoms with Gasteiger partial charge in [-0.15, -0.1) is 0 Å². The number of amides is 1. The molecule has 0 radical (unpaired) electrons. The number of carbonyl (C=O) groups excluding carboxylic acids is 1. The van der Waals surface area contributed by atoms with Gasteiger partial charge in [0.1, 0.15) is 0 Å². The summed E-state index contributed by atoms with van der Waals surface area (Å²) in [5, 5.41) is 0. The van der Waals surface area contributed by atoms with Gasteiger partial charge >= 0.3 is 0 Å². The molecule has 4 nitrogen and oxygen atoms in total. The molecule has 1 amide bonds. The fourth-order valence-electron chi connectivity index (χ4n) is 1.10. The summed E-state index contributed by atoms with van der Waals surface area (Å²) >= 11 is 3.31. The molecule has 5 heteroatoms. The minimum atomic E-state index is -0.0421. The Kier molecular flexibility index (Phi) is 4.74. The van der Waals surface area contributed by atoms with Gasteiger partial charge in [0.15, 0.2) is 0 Å². The van der Waals surface area contributed by atoms with Gasteiger partial charge in [-0.25, -0.2) is 5.90 Å². The fraction of sp³-hybridized carbons (Fsp3) is 0.300. The van der Waals surface area contributed by atoms with Crippen LogP contribution in [0, 0.1) is 0 Å². The number of benzene rings is 1. The molecule has 0 saturated heterocycles. The van der Waals surface area contributed by atoms with Crippen LogP contribution in [0.4, 0.5) is 0 Å². The molecule has 1 aromatic rings. The van der Waals surface area contributed by atoms with Crippen molar-refractivity contribution in [1.29, 1.82) is 0 Å². The molecule has 0 unspecified atom stereocenters. The molecular weight excluding hydrogens is 260 g/mol. The Hall–Kier alpha value is -0.910. The van der Waals surface area contributed by atoms with E-state index in [4.69, 9.17) is 5.90 Å². The summed E-state index contributed by atoms with van der Waals surface area (Å²) in [5.74, 6) is 4.85. The summed E-state index contributed by atoms with van der Waals surface area (Å²) in [5.41, 5.74) is 0.651. The zero-order valence-electron chi connectivity index (χ0n) is 8.44. The Bertz CT molecular complexity index is 327. The number of nitrogens with two attached hydrogens (primary N) is 1. The van der Waals surface area contributed by atoms with E-state index in [0.717, 1.165) is 4.47 Å². The molecule has 1 rings (SSSR count). The average molecular weight is 273 g/mol. The Morgan fingerprint density at radius 3 is 2.60 bits per heavy atom. The molecule has 0 atom stereocenters. The van der Waals surface area contributed by atoms with Crippen molar-refractivity contribution in [3.05, 3.63) is 34.3 Å². The first-order valence-corrected chi connectivity index (χ1v) is 5.27. The van der Waals surface area contributed by atoms with Crippen LogP contribution < -0.4 is 5.90 Å². The summed E-state index contributed by atoms with van der Waals surface area (Å²) in [4.78, 5) is 17.8. The van der Waals surface area contributed by atoms with Crippen LogP contribution in [0.1, 0.15) is 10.4 Å². The van der Waals surface area contributed by atoms with Gasteiger partial charge in [0.05, 0.1) is 6.61 Å². The van der Waals surface area contributed by atoms with Crippen LogP contribution >= 0.6 is 15.9 Å². The largest absolute Gasteiger partial charge is 0.339 e. The Morgan fingerprint density at radius 1 is 1.47 bits per heavy atom. The van der Waals surface area contributed by atoms with Gasteiger partial charge in [-0.2, -0.15) is 0 Å². The molecule has 0 aliphatic rings. The summed E-state index contributed by atoms with van der Waals surface area (Å²) in [6.45, 7) is 0.810. The zero-order valence-corrected chi connectivity index (χ0v) is 10.0. The minimum Gasteiger partial charge on any atom is -0.339 e. The van der Waals surface area contributed by atoms with Gasteiger partial charge in [0, 0.05) is 23.6 Å². The number of hydrogen-bond acceptors (Lipinski definition) is 3. The number of nitrogens with zero attached hydrogens (tertiary/aromatic N) is 1. The van der Waals surface area contributed by atoms with Crippen LogP contribution in [0.15, 0.2) is 28.7 Å². The van der Waals surface area contributed by atoms with E-state index in [1.807, 2.05) is 12.1 Å². The van der Waals surface area contributed by atoms with E-state index in [1.165, 1.54) is 0 Å². The normalized spacial score (nSPS) is 10.1. The highest BCUT2D eigenvalue weighted by atomic mass is 79.9. The summed E-state index contributed by atoms with van der Waals surface area (Å²) in [6.07, 6.45) is 0. The number of hydrogen-bond donors (Lipinski definition) is 1. The van der Waals surface area contributed by atoms with Crippen LogP contribution in [0.2, 0.25) is 0 Å². The lowest BCUT2D eigenvalue weighted by Crippen LogP contribution is -2.30. The van der Waals surface area contributed by atoms with Gasteiger partial charge in [-0.1, -0.05) is 15.9 Å². The van der Waals surface area contributed by atoms with Crippen LogP contribution in [-0.2, 0) is 4.84 Å². The molecule has 0 spiro atoms. The van der Waals surface area contributed by atoms with Crippen molar-refractivity contribution in [1.82, 2.24) is 4.90 Å². The molecule has 0 saturated carbocycles. The average Bonchev–Trinajstić information content (AvgIpc) is 2.26. The SMILES string of the molecule is CN(CCON)C(=O)c1ccc(Br)cc1. The Balaban J connectivity index is 2.63. The monoisotopic (exact) mass is 272 g/mol. The van der Waals surface area contributed by atoms with Gasteiger partial charge in [-0.3, -0.25) is 4.79 Å². The van der Waals surface area contributed by atoms with Crippen molar-refractivity contribution in [2.45, 2.75) is 0 Å². The van der Waals surface area contributed by atoms with Crippen molar-refractivity contribution in [2.24, 2.45) is 5.90 Å². The number of halogens is 1. The van der Waals surface area contributed by atoms with E-state index in [0.29, 0.717) is 18.7 Å². The maximum atomic E-state index is 11.8. The van der Waals surface area contributed by atoms with Crippen LogP contribution in [-0.4, -0.2) is 31.0 Å². The van der Waals surface area contributed by atoms with Gasteiger partial charge in [0.2, 0.25) is 0 Å². The second-order valence-electron chi connectivity index (χ2n) is 3.10. The topological polar surface area (TPSA) is 55.6 Å². The van der Waals surface area contributed by atoms with Crippen molar-refractivity contribution in [2.75, 3.05) is 20.2 Å². The van der Waals surface area contributed by atoms with E-state index >= 15 is 0 Å². The fourth-order valence-corrected chi connectivity index (χ4v) is 1.37. The summed E-state index contributed by atoms with van der Waals surface area (Å²) in [7, 11) is 1.71. The van der Waals surface area contributed by atoms with E-state index in [-0.39, 0.29) is 5.91 Å². The van der Waals surface area contributed by atoms with Gasteiger partial charge in [0.25, 0.3) is 5.91 Å². The Labute approximate surface area is 97.1 Å². The molecule has 0 fully saturated rings. The predicted octanol–water partition coefficient (Wildman–Crippen LogP) is 1.41. The molecule has 2 N–H and O–H groups in total. The lowest BCUT2D eigenvalue weighted by atomic mass is 10.2. The highest BCUT2D eigenvalue weighted by Crippen LogP contribution is 2.11. The third-order valence-electron chi connectivity index (χ3n) is 1.98. The number of likely N-dealkylation sites (N-methyl/N-ethyl adjacent to an activating group) is 1. The van der Waals surface area contributed by atoms with Crippen LogP contribution in [0.5, 0.6) is 0 Å². The van der Waals surface area contributed by atoms with Gasteiger partial charge < -0.3 is 9.74 Å². The molecule has 15 heavy (non-hydrogen) atoms. The van der Waals surface area contributed by atoms with Crippen molar-refractivity contribution < 1.29 is 9.63 Å². The lowest BCUT2D eigenvalue weighted by molar-refractivity contribution is 0.0697. The molecule has 82 valence electrons. The Morgan fingerprint density at radius 2 is 2.07 bits per heavy atom. The van der Waals surface area contributed by atoms with Crippen molar-refractivity contribution in [3.63, 3.8) is 0 Å². The van der Waals surface area contributed by atoms with Crippen molar-refractivity contribution in [3.8, 4) is 0 Å². The van der Waals surface area contributed by atoms with Crippen molar-refractivity contribution >= 4 is 21.8 Å². The third kappa shape index (κ3) is 3.62. The third-order valence-corrected chi connectivity index (χ3v) is 2.51. The first-order chi connectivity index (χ1) is 7.15. The van der Waals surface area contributed by atoms with Crippen LogP contribution in [0.25, 0.3) is 0 Å². The lowest BCUT2D eigenvalue weighted by Gasteiger charge is -2.16. The standard InChI is InChI=1S/C10H13BrN2O2/c1-13(6-7-15-12)10(14)8-2-4-9(11)5-3-8/h2-5H,6-7,12H2,1H3. The molecular formula is C10H13BrN2O2. The van der Waals surface area contributed by atoms with E-state index in [1.54, 1.807) is 24.1 Å². The number of rotatable bonds is 4. The first-order valence-electron chi connectivity index (χ1n) is 4.48. The molecule has 0 aliphatic carbocycles. The summed E-state index contributed by atoms with van der Waals surface area (Å²) in [6, 6.07) is 7.21. The van der Waals surface area contributed by atoms with Crippen LogP contribution in [0.3, 0.4) is 0 Å². The van der Waals surface area contributed by atoms with E-state index < -0.39 is 0 Å². The maximum absolute atomic E-state index is 11.8. The molecule has 0 aliphatic heterocycles. The van der Waals surface area contributed by atoms with Gasteiger partial charge in [-0.05, 0) is 24.3 Å². The summed E-state index contributed by atoms with van der Waals surface area (Å²) < 4.78 is 0.951. The van der Waals surface area contributed by atoms with E-state index in [2.05, 4.69) is 20.8 Å². The maximum Gasteiger partial charge on any atom is 0.253 e. The second-order valence-corrected chi connectivity index (χ2v) is 4.02. The minimum absolute atomic E-state index is 0.0421. The molecule has 0 bridgehead atoms. The molecule has 1 aromatic carbocycles. The number of carbonyl (C=O) groups is 1. The molecule has 0 heterocycles. The quantitative estimate of drug-likeness (QED) is 0.844. The second kappa shape index (κ2) is 5.85. The highest BCUT2D eigenvalue weighted by molar-refractivity contribution is 9.10. The smallest absolute Gasteiger partial charge is 0.253 e. The zero-order chi connectivity index (χ0) is 11.3. The first kappa shape index (κ1) is 12.2. The highest BCUT2D eigenvalue weighted by Gasteiger charge is 2.10. The predicted molar refractivity (Wildman–Crippen MR) is 61.2 cm³/mol. The molecule has 0 aromatic heterocycles.